The van der Waals surface area contributed by atoms with Gasteiger partial charge in [-0.15, -0.1) is 0 Å². The van der Waals surface area contributed by atoms with E-state index >= 15 is 0 Å². The molecule has 1 amide bonds. The third-order valence-electron chi connectivity index (χ3n) is 4.18. The van der Waals surface area contributed by atoms with Crippen LogP contribution in [-0.2, 0) is 23.8 Å². The zero-order valence-corrected chi connectivity index (χ0v) is 11.7. The lowest BCUT2D eigenvalue weighted by atomic mass is 9.64. The Labute approximate surface area is 118 Å². The van der Waals surface area contributed by atoms with Crippen LogP contribution in [0.4, 0.5) is 0 Å². The molecule has 1 saturated carbocycles. The maximum atomic E-state index is 12.6. The lowest BCUT2D eigenvalue weighted by Crippen LogP contribution is -2.48. The number of rotatable bonds is 4. The van der Waals surface area contributed by atoms with E-state index in [2.05, 4.69) is 22.5 Å². The number of carbonyl (C=O) groups is 1. The van der Waals surface area contributed by atoms with E-state index in [1.54, 1.807) is 10.9 Å². The molecule has 1 aliphatic rings. The smallest absolute Gasteiger partial charge is 0.230 e. The van der Waals surface area contributed by atoms with Crippen molar-refractivity contribution in [3.8, 4) is 0 Å². The summed E-state index contributed by atoms with van der Waals surface area (Å²) in [5, 5.41) is 7.18. The van der Waals surface area contributed by atoms with E-state index in [0.29, 0.717) is 6.54 Å². The van der Waals surface area contributed by atoms with Gasteiger partial charge in [0.1, 0.15) is 0 Å². The Morgan fingerprint density at radius 1 is 1.35 bits per heavy atom. The number of hydrogen-bond donors (Lipinski definition) is 1. The minimum atomic E-state index is -0.316. The van der Waals surface area contributed by atoms with Crippen molar-refractivity contribution in [2.75, 3.05) is 0 Å². The molecule has 104 valence electrons. The summed E-state index contributed by atoms with van der Waals surface area (Å²) in [6.07, 6.45) is 6.72. The molecule has 4 heteroatoms. The third-order valence-corrected chi connectivity index (χ3v) is 4.18. The molecule has 1 heterocycles. The predicted molar refractivity (Wildman–Crippen MR) is 77.0 cm³/mol. The van der Waals surface area contributed by atoms with E-state index < -0.39 is 0 Å². The molecule has 1 N–H and O–H groups in total. The second kappa shape index (κ2) is 5.12. The molecule has 1 aliphatic carbocycles. The fourth-order valence-electron chi connectivity index (χ4n) is 2.85. The zero-order valence-electron chi connectivity index (χ0n) is 11.7. The van der Waals surface area contributed by atoms with Crippen LogP contribution >= 0.6 is 0 Å². The standard InChI is InChI=1S/C16H19N3O/c1-19-12-13(11-18-19)10-17-15(20)16(8-5-9-16)14-6-3-2-4-7-14/h2-4,6-7,11-12H,5,8-10H2,1H3,(H,17,20). The molecule has 0 spiro atoms. The Morgan fingerprint density at radius 3 is 2.65 bits per heavy atom. The second-order valence-electron chi connectivity index (χ2n) is 5.51. The maximum absolute atomic E-state index is 12.6. The zero-order chi connectivity index (χ0) is 14.0. The van der Waals surface area contributed by atoms with Crippen molar-refractivity contribution < 1.29 is 4.79 Å². The van der Waals surface area contributed by atoms with Crippen molar-refractivity contribution in [1.82, 2.24) is 15.1 Å². The molecular formula is C16H19N3O. The van der Waals surface area contributed by atoms with Crippen molar-refractivity contribution in [1.29, 1.82) is 0 Å². The van der Waals surface area contributed by atoms with E-state index in [0.717, 1.165) is 30.4 Å². The molecule has 0 saturated heterocycles. The lowest BCUT2D eigenvalue weighted by molar-refractivity contribution is -0.130. The second-order valence-corrected chi connectivity index (χ2v) is 5.51. The van der Waals surface area contributed by atoms with Crippen LogP contribution in [0.5, 0.6) is 0 Å². The highest BCUT2D eigenvalue weighted by atomic mass is 16.2. The van der Waals surface area contributed by atoms with Gasteiger partial charge in [-0.25, -0.2) is 0 Å². The van der Waals surface area contributed by atoms with Crippen LogP contribution in [0.2, 0.25) is 0 Å². The van der Waals surface area contributed by atoms with Crippen LogP contribution in [0.3, 0.4) is 0 Å². The first-order valence-electron chi connectivity index (χ1n) is 7.02. The van der Waals surface area contributed by atoms with Crippen LogP contribution in [0.25, 0.3) is 0 Å². The maximum Gasteiger partial charge on any atom is 0.230 e. The fourth-order valence-corrected chi connectivity index (χ4v) is 2.85. The highest BCUT2D eigenvalue weighted by Crippen LogP contribution is 2.43. The van der Waals surface area contributed by atoms with Gasteiger partial charge in [0.25, 0.3) is 0 Å². The van der Waals surface area contributed by atoms with E-state index in [1.165, 1.54) is 0 Å². The first kappa shape index (κ1) is 12.9. The Hall–Kier alpha value is -2.10. The summed E-state index contributed by atoms with van der Waals surface area (Å²) in [5.41, 5.74) is 1.85. The molecule has 0 bridgehead atoms. The number of amides is 1. The van der Waals surface area contributed by atoms with Crippen LogP contribution in [0.15, 0.2) is 42.7 Å². The highest BCUT2D eigenvalue weighted by molar-refractivity contribution is 5.89. The molecule has 0 aliphatic heterocycles. The number of nitrogens with zero attached hydrogens (tertiary/aromatic N) is 2. The number of benzene rings is 1. The Balaban J connectivity index is 1.72. The van der Waals surface area contributed by atoms with Gasteiger partial charge in [0, 0.05) is 25.4 Å². The number of carbonyl (C=O) groups excluding carboxylic acids is 1. The van der Waals surface area contributed by atoms with E-state index in [1.807, 2.05) is 31.4 Å². The highest BCUT2D eigenvalue weighted by Gasteiger charge is 2.45. The molecule has 20 heavy (non-hydrogen) atoms. The summed E-state index contributed by atoms with van der Waals surface area (Å²) in [6, 6.07) is 10.1. The lowest BCUT2D eigenvalue weighted by Gasteiger charge is -2.40. The number of nitrogens with one attached hydrogen (secondary N) is 1. The summed E-state index contributed by atoms with van der Waals surface area (Å²) in [4.78, 5) is 12.6. The number of hydrogen-bond acceptors (Lipinski definition) is 2. The largest absolute Gasteiger partial charge is 0.351 e. The average Bonchev–Trinajstić information content (AvgIpc) is 2.82. The average molecular weight is 269 g/mol. The molecule has 0 unspecified atom stereocenters. The normalized spacial score (nSPS) is 16.4. The Bertz CT molecular complexity index is 599. The molecule has 3 rings (SSSR count). The van der Waals surface area contributed by atoms with Crippen molar-refractivity contribution in [3.05, 3.63) is 53.9 Å². The topological polar surface area (TPSA) is 46.9 Å². The Kier molecular flexibility index (Phi) is 3.30. The SMILES string of the molecule is Cn1cc(CNC(=O)C2(c3ccccc3)CCC2)cn1. The van der Waals surface area contributed by atoms with Crippen molar-refractivity contribution in [3.63, 3.8) is 0 Å². The first-order chi connectivity index (χ1) is 9.71. The van der Waals surface area contributed by atoms with Gasteiger partial charge >= 0.3 is 0 Å². The predicted octanol–water partition coefficient (Wildman–Crippen LogP) is 2.16. The summed E-state index contributed by atoms with van der Waals surface area (Å²) in [5.74, 6) is 0.138. The first-order valence-corrected chi connectivity index (χ1v) is 7.02. The van der Waals surface area contributed by atoms with Crippen LogP contribution in [0.1, 0.15) is 30.4 Å². The van der Waals surface area contributed by atoms with Gasteiger partial charge in [0.05, 0.1) is 11.6 Å². The number of aryl methyl sites for hydroxylation is 1. The molecular weight excluding hydrogens is 250 g/mol. The summed E-state index contributed by atoms with van der Waals surface area (Å²) < 4.78 is 1.75. The number of aromatic nitrogens is 2. The molecule has 1 aromatic heterocycles. The molecule has 2 aromatic rings. The van der Waals surface area contributed by atoms with Gasteiger partial charge in [0.2, 0.25) is 5.91 Å². The summed E-state index contributed by atoms with van der Waals surface area (Å²) >= 11 is 0. The minimum absolute atomic E-state index is 0.138. The minimum Gasteiger partial charge on any atom is -0.351 e. The molecule has 1 fully saturated rings. The van der Waals surface area contributed by atoms with Crippen molar-refractivity contribution >= 4 is 5.91 Å². The quantitative estimate of drug-likeness (QED) is 0.924. The van der Waals surface area contributed by atoms with Crippen molar-refractivity contribution in [2.24, 2.45) is 7.05 Å². The van der Waals surface area contributed by atoms with Gasteiger partial charge in [-0.2, -0.15) is 5.10 Å². The van der Waals surface area contributed by atoms with Gasteiger partial charge < -0.3 is 5.32 Å². The van der Waals surface area contributed by atoms with Crippen LogP contribution in [0, 0.1) is 0 Å². The van der Waals surface area contributed by atoms with E-state index in [4.69, 9.17) is 0 Å². The van der Waals surface area contributed by atoms with Gasteiger partial charge in [-0.3, -0.25) is 9.48 Å². The molecule has 0 radical (unpaired) electrons. The fraction of sp³-hybridized carbons (Fsp3) is 0.375. The summed E-state index contributed by atoms with van der Waals surface area (Å²) in [6.45, 7) is 0.543. The third kappa shape index (κ3) is 2.22. The monoisotopic (exact) mass is 269 g/mol. The van der Waals surface area contributed by atoms with Crippen LogP contribution < -0.4 is 5.32 Å². The molecule has 1 aromatic carbocycles. The van der Waals surface area contributed by atoms with Gasteiger partial charge in [-0.05, 0) is 18.4 Å². The van der Waals surface area contributed by atoms with Crippen LogP contribution in [-0.4, -0.2) is 15.7 Å². The van der Waals surface area contributed by atoms with E-state index in [-0.39, 0.29) is 11.3 Å². The van der Waals surface area contributed by atoms with E-state index in [9.17, 15) is 4.79 Å². The molecule has 0 atom stereocenters. The van der Waals surface area contributed by atoms with Gasteiger partial charge in [-0.1, -0.05) is 36.8 Å². The Morgan fingerprint density at radius 2 is 2.10 bits per heavy atom. The summed E-state index contributed by atoms with van der Waals surface area (Å²) in [7, 11) is 1.88. The molecule has 4 nitrogen and oxygen atoms in total. The van der Waals surface area contributed by atoms with Gasteiger partial charge in [0.15, 0.2) is 0 Å². The van der Waals surface area contributed by atoms with Crippen molar-refractivity contribution in [2.45, 2.75) is 31.2 Å².